The van der Waals surface area contributed by atoms with Crippen LogP contribution in [0.1, 0.15) is 13.8 Å². The summed E-state index contributed by atoms with van der Waals surface area (Å²) < 4.78 is 0. The predicted octanol–water partition coefficient (Wildman–Crippen LogP) is -0.347. The molecule has 3 N–H and O–H groups in total. The third-order valence-electron chi connectivity index (χ3n) is 1.30. The van der Waals surface area contributed by atoms with Gasteiger partial charge < -0.3 is 0 Å². The second kappa shape index (κ2) is 3.34. The van der Waals surface area contributed by atoms with Crippen LogP contribution in [-0.4, -0.2) is 45.9 Å². The van der Waals surface area contributed by atoms with Crippen LogP contribution in [0, 0.1) is 0 Å². The van der Waals surface area contributed by atoms with Crippen molar-refractivity contribution in [2.75, 3.05) is 12.3 Å². The van der Waals surface area contributed by atoms with Crippen molar-refractivity contribution < 1.29 is 14.7 Å². The van der Waals surface area contributed by atoms with Gasteiger partial charge >= 0.3 is 67.0 Å². The minimum absolute atomic E-state index is 0. The van der Waals surface area contributed by atoms with E-state index in [0.29, 0.717) is 0 Å². The van der Waals surface area contributed by atoms with E-state index in [1.54, 1.807) is 13.8 Å². The van der Waals surface area contributed by atoms with Crippen molar-refractivity contribution in [1.82, 2.24) is 0 Å². The van der Waals surface area contributed by atoms with Gasteiger partial charge in [0.2, 0.25) is 0 Å². The van der Waals surface area contributed by atoms with Gasteiger partial charge in [0.15, 0.2) is 0 Å². The molecule has 0 aliphatic heterocycles. The van der Waals surface area contributed by atoms with E-state index in [9.17, 15) is 0 Å². The minimum atomic E-state index is -4.10. The van der Waals surface area contributed by atoms with E-state index in [-0.39, 0.29) is 31.2 Å². The molecule has 0 saturated carbocycles. The first-order chi connectivity index (χ1) is 3.39. The van der Waals surface area contributed by atoms with Crippen molar-refractivity contribution in [3.8, 4) is 0 Å². The average molecular weight is 148 g/mol. The van der Waals surface area contributed by atoms with E-state index in [1.165, 1.54) is 0 Å². The van der Waals surface area contributed by atoms with Crippen LogP contribution in [-0.2, 0) is 0 Å². The molecule has 0 unspecified atom stereocenters. The molecule has 0 aromatic heterocycles. The summed E-state index contributed by atoms with van der Waals surface area (Å²) in [5.41, 5.74) is 0. The molecule has 0 aliphatic carbocycles. The Balaban J connectivity index is 0. The van der Waals surface area contributed by atoms with E-state index in [0.717, 1.165) is 0 Å². The fourth-order valence-electron chi connectivity index (χ4n) is 0.224. The van der Waals surface area contributed by atoms with E-state index >= 15 is 0 Å². The summed E-state index contributed by atoms with van der Waals surface area (Å²) in [7, 11) is -4.10. The molecule has 54 valence electrons. The summed E-state index contributed by atoms with van der Waals surface area (Å²) in [5, 5.41) is 0. The second-order valence-electron chi connectivity index (χ2n) is 1.97. The maximum atomic E-state index is 8.84. The molecule has 0 atom stereocenters. The van der Waals surface area contributed by atoms with Crippen LogP contribution in [0.25, 0.3) is 0 Å². The van der Waals surface area contributed by atoms with Gasteiger partial charge in [-0.3, -0.25) is 0 Å². The number of hydrogen-bond acceptors (Lipinski definition) is 3. The van der Waals surface area contributed by atoms with E-state index in [4.69, 9.17) is 14.7 Å². The standard InChI is InChI=1S/C4H13O3P.Li.H/c1-3-8(5,6,7)4-2;;/h5-7H,3-4H2,1-2H3;;. The number of rotatable bonds is 2. The molecule has 0 rings (SSSR count). The average Bonchev–Trinajstić information content (AvgIpc) is 1.68. The predicted molar refractivity (Wildman–Crippen MR) is 41.8 cm³/mol. The summed E-state index contributed by atoms with van der Waals surface area (Å²) >= 11 is 0. The van der Waals surface area contributed by atoms with Crippen molar-refractivity contribution in [1.29, 1.82) is 0 Å². The van der Waals surface area contributed by atoms with Gasteiger partial charge in [-0.1, -0.05) is 0 Å². The van der Waals surface area contributed by atoms with Gasteiger partial charge in [-0.15, -0.1) is 0 Å². The fraction of sp³-hybridized carbons (Fsp3) is 1.00. The van der Waals surface area contributed by atoms with Crippen LogP contribution in [0.5, 0.6) is 0 Å². The molecular formula is C4H14LiO3P. The van der Waals surface area contributed by atoms with E-state index < -0.39 is 7.28 Å². The first-order valence-electron chi connectivity index (χ1n) is 2.65. The summed E-state index contributed by atoms with van der Waals surface area (Å²) in [6.45, 7) is 3.11. The van der Waals surface area contributed by atoms with Crippen LogP contribution >= 0.6 is 7.28 Å². The Morgan fingerprint density at radius 3 is 1.22 bits per heavy atom. The molecular weight excluding hydrogens is 134 g/mol. The fourth-order valence-corrected chi connectivity index (χ4v) is 0.671. The molecule has 0 fully saturated rings. The van der Waals surface area contributed by atoms with Crippen molar-refractivity contribution in [3.05, 3.63) is 0 Å². The van der Waals surface area contributed by atoms with Gasteiger partial charge in [0.1, 0.15) is 0 Å². The zero-order valence-electron chi connectivity index (χ0n) is 5.20. The third kappa shape index (κ3) is 5.36. The number of hydrogen-bond donors (Lipinski definition) is 3. The molecule has 0 saturated heterocycles. The Bertz CT molecular complexity index is 79.5. The maximum absolute atomic E-state index is 8.84. The Morgan fingerprint density at radius 1 is 1.00 bits per heavy atom. The van der Waals surface area contributed by atoms with Gasteiger partial charge in [-0.2, -0.15) is 0 Å². The molecule has 3 nitrogen and oxygen atoms in total. The van der Waals surface area contributed by atoms with E-state index in [1.807, 2.05) is 0 Å². The van der Waals surface area contributed by atoms with Crippen molar-refractivity contribution in [2.24, 2.45) is 0 Å². The van der Waals surface area contributed by atoms with Gasteiger partial charge in [0.25, 0.3) is 0 Å². The molecule has 0 heterocycles. The summed E-state index contributed by atoms with van der Waals surface area (Å²) in [6, 6.07) is 0. The molecule has 0 aliphatic rings. The Hall–Kier alpha value is 0.907. The zero-order chi connectivity index (χ0) is 6.86. The van der Waals surface area contributed by atoms with Crippen LogP contribution in [0.15, 0.2) is 0 Å². The molecule has 0 radical (unpaired) electrons. The topological polar surface area (TPSA) is 60.7 Å². The first-order valence-corrected chi connectivity index (χ1v) is 5.11. The quantitative estimate of drug-likeness (QED) is 0.370. The molecule has 5 heteroatoms. The molecule has 9 heavy (non-hydrogen) atoms. The first kappa shape index (κ1) is 12.6. The van der Waals surface area contributed by atoms with Gasteiger partial charge in [0, 0.05) is 0 Å². The van der Waals surface area contributed by atoms with Gasteiger partial charge in [-0.05, 0) is 0 Å². The molecule has 0 aromatic carbocycles. The van der Waals surface area contributed by atoms with E-state index in [2.05, 4.69) is 0 Å². The van der Waals surface area contributed by atoms with Crippen LogP contribution in [0.3, 0.4) is 0 Å². The Morgan fingerprint density at radius 2 is 1.22 bits per heavy atom. The Labute approximate surface area is 67.4 Å². The van der Waals surface area contributed by atoms with Crippen molar-refractivity contribution in [3.63, 3.8) is 0 Å². The molecule has 0 bridgehead atoms. The summed E-state index contributed by atoms with van der Waals surface area (Å²) in [6.07, 6.45) is 0.115. The SMILES string of the molecule is CCP(O)(O)(O)CC.[LiH]. The van der Waals surface area contributed by atoms with Crippen LogP contribution < -0.4 is 0 Å². The zero-order valence-corrected chi connectivity index (χ0v) is 6.10. The monoisotopic (exact) mass is 148 g/mol. The molecule has 0 amide bonds. The van der Waals surface area contributed by atoms with Crippen molar-refractivity contribution in [2.45, 2.75) is 13.8 Å². The van der Waals surface area contributed by atoms with Gasteiger partial charge in [0.05, 0.1) is 0 Å². The summed E-state index contributed by atoms with van der Waals surface area (Å²) in [4.78, 5) is 26.5. The van der Waals surface area contributed by atoms with Crippen molar-refractivity contribution >= 4 is 26.1 Å². The van der Waals surface area contributed by atoms with Gasteiger partial charge in [-0.25, -0.2) is 0 Å². The molecule has 0 aromatic rings. The normalized spacial score (nSPS) is 15.4. The molecule has 0 spiro atoms. The third-order valence-corrected chi connectivity index (χ3v) is 3.89. The van der Waals surface area contributed by atoms with Crippen LogP contribution in [0.2, 0.25) is 0 Å². The summed E-state index contributed by atoms with van der Waals surface area (Å²) in [5.74, 6) is 0. The Kier molecular flexibility index (Phi) is 4.67. The second-order valence-corrected chi connectivity index (χ2v) is 5.92. The van der Waals surface area contributed by atoms with Crippen LogP contribution in [0.4, 0.5) is 0 Å².